The van der Waals surface area contributed by atoms with E-state index in [1.54, 1.807) is 6.20 Å². The van der Waals surface area contributed by atoms with Gasteiger partial charge in [-0.25, -0.2) is 0 Å². The summed E-state index contributed by atoms with van der Waals surface area (Å²) < 4.78 is 5.65. The van der Waals surface area contributed by atoms with Crippen molar-refractivity contribution in [1.82, 2.24) is 15.6 Å². The minimum Gasteiger partial charge on any atom is -0.490 e. The van der Waals surface area contributed by atoms with Crippen molar-refractivity contribution in [2.75, 3.05) is 26.2 Å². The summed E-state index contributed by atoms with van der Waals surface area (Å²) in [7, 11) is 0. The van der Waals surface area contributed by atoms with Gasteiger partial charge >= 0.3 is 0 Å². The van der Waals surface area contributed by atoms with Gasteiger partial charge in [-0.2, -0.15) is 0 Å². The van der Waals surface area contributed by atoms with E-state index in [1.807, 2.05) is 49.4 Å². The van der Waals surface area contributed by atoms with Crippen LogP contribution in [0.3, 0.4) is 0 Å². The number of hydrogen-bond acceptors (Lipinski definition) is 3. The molecular formula is C18H24ClIN4O. The summed E-state index contributed by atoms with van der Waals surface area (Å²) in [6.45, 7) is 4.67. The molecule has 0 spiro atoms. The van der Waals surface area contributed by atoms with E-state index in [0.717, 1.165) is 24.6 Å². The van der Waals surface area contributed by atoms with Gasteiger partial charge in [0, 0.05) is 31.4 Å². The minimum atomic E-state index is 0. The average molecular weight is 475 g/mol. The van der Waals surface area contributed by atoms with Gasteiger partial charge in [0.2, 0.25) is 0 Å². The molecule has 25 heavy (non-hydrogen) atoms. The van der Waals surface area contributed by atoms with Crippen LogP contribution in [0.15, 0.2) is 53.7 Å². The second kappa shape index (κ2) is 12.8. The number of pyridine rings is 1. The number of rotatable bonds is 8. The number of hydrogen-bond donors (Lipinski definition) is 2. The summed E-state index contributed by atoms with van der Waals surface area (Å²) in [6.07, 6.45) is 2.61. The zero-order valence-corrected chi connectivity index (χ0v) is 17.3. The van der Waals surface area contributed by atoms with E-state index in [4.69, 9.17) is 16.3 Å². The Morgan fingerprint density at radius 2 is 1.96 bits per heavy atom. The molecule has 2 rings (SSSR count). The fourth-order valence-corrected chi connectivity index (χ4v) is 2.25. The third kappa shape index (κ3) is 8.40. The molecule has 0 fully saturated rings. The molecule has 1 heterocycles. The van der Waals surface area contributed by atoms with E-state index in [1.165, 1.54) is 0 Å². The quantitative estimate of drug-likeness (QED) is 0.266. The highest BCUT2D eigenvalue weighted by molar-refractivity contribution is 14.0. The van der Waals surface area contributed by atoms with Crippen molar-refractivity contribution in [3.8, 4) is 5.75 Å². The smallest absolute Gasteiger partial charge is 0.191 e. The third-order valence-corrected chi connectivity index (χ3v) is 3.51. The molecule has 0 unspecified atom stereocenters. The Labute approximate surface area is 171 Å². The molecule has 0 aliphatic carbocycles. The van der Waals surface area contributed by atoms with Crippen LogP contribution in [0.25, 0.3) is 0 Å². The summed E-state index contributed by atoms with van der Waals surface area (Å²) in [6, 6.07) is 13.4. The number of benzene rings is 1. The van der Waals surface area contributed by atoms with E-state index < -0.39 is 0 Å². The molecule has 0 aliphatic heterocycles. The van der Waals surface area contributed by atoms with Gasteiger partial charge in [0.25, 0.3) is 0 Å². The standard InChI is InChI=1S/C18H23ClN4O.HI/c1-2-20-18(22-12-10-15-7-5-6-11-21-15)23-13-14-24-17-9-4-3-8-16(17)19;/h3-9,11H,2,10,12-14H2,1H3,(H2,20,22,23);1H. The molecule has 0 bridgehead atoms. The highest BCUT2D eigenvalue weighted by Gasteiger charge is 2.01. The van der Waals surface area contributed by atoms with E-state index in [2.05, 4.69) is 20.6 Å². The number of aliphatic imine (C=N–C) groups is 1. The molecular weight excluding hydrogens is 451 g/mol. The number of halogens is 2. The van der Waals surface area contributed by atoms with Crippen LogP contribution in [-0.4, -0.2) is 37.2 Å². The van der Waals surface area contributed by atoms with Crippen LogP contribution in [-0.2, 0) is 6.42 Å². The summed E-state index contributed by atoms with van der Waals surface area (Å²) in [5.74, 6) is 1.47. The second-order valence-electron chi connectivity index (χ2n) is 5.04. The van der Waals surface area contributed by atoms with Crippen LogP contribution in [0.4, 0.5) is 0 Å². The Kier molecular flexibility index (Phi) is 11.0. The van der Waals surface area contributed by atoms with E-state index >= 15 is 0 Å². The molecule has 2 aromatic rings. The first-order chi connectivity index (χ1) is 11.8. The predicted octanol–water partition coefficient (Wildman–Crippen LogP) is 3.53. The second-order valence-corrected chi connectivity index (χ2v) is 5.44. The van der Waals surface area contributed by atoms with E-state index in [9.17, 15) is 0 Å². The van der Waals surface area contributed by atoms with Gasteiger partial charge in [-0.1, -0.05) is 29.8 Å². The van der Waals surface area contributed by atoms with Gasteiger partial charge < -0.3 is 15.4 Å². The Hall–Kier alpha value is -1.54. The van der Waals surface area contributed by atoms with Gasteiger partial charge in [-0.3, -0.25) is 9.98 Å². The van der Waals surface area contributed by atoms with Gasteiger partial charge in [0.1, 0.15) is 12.4 Å². The van der Waals surface area contributed by atoms with Crippen molar-refractivity contribution < 1.29 is 4.74 Å². The van der Waals surface area contributed by atoms with Gasteiger partial charge in [-0.05, 0) is 31.2 Å². The zero-order valence-electron chi connectivity index (χ0n) is 14.2. The molecule has 136 valence electrons. The summed E-state index contributed by atoms with van der Waals surface area (Å²) in [5, 5.41) is 7.08. The highest BCUT2D eigenvalue weighted by atomic mass is 127. The highest BCUT2D eigenvalue weighted by Crippen LogP contribution is 2.22. The lowest BCUT2D eigenvalue weighted by Crippen LogP contribution is -2.39. The lowest BCUT2D eigenvalue weighted by molar-refractivity contribution is 0.322. The van der Waals surface area contributed by atoms with Crippen molar-refractivity contribution in [2.45, 2.75) is 13.3 Å². The molecule has 0 aliphatic rings. The first-order valence-corrected chi connectivity index (χ1v) is 8.47. The van der Waals surface area contributed by atoms with E-state index in [0.29, 0.717) is 30.5 Å². The fraction of sp³-hybridized carbons (Fsp3) is 0.333. The fourth-order valence-electron chi connectivity index (χ4n) is 2.06. The molecule has 1 aromatic heterocycles. The van der Waals surface area contributed by atoms with Gasteiger partial charge in [0.05, 0.1) is 11.6 Å². The number of nitrogens with zero attached hydrogens (tertiary/aromatic N) is 2. The maximum Gasteiger partial charge on any atom is 0.191 e. The molecule has 0 amide bonds. The van der Waals surface area contributed by atoms with Crippen molar-refractivity contribution in [3.63, 3.8) is 0 Å². The largest absolute Gasteiger partial charge is 0.490 e. The lowest BCUT2D eigenvalue weighted by atomic mass is 10.3. The number of guanidine groups is 1. The number of ether oxygens (including phenoxy) is 1. The summed E-state index contributed by atoms with van der Waals surface area (Å²) in [4.78, 5) is 8.84. The number of aromatic nitrogens is 1. The normalized spacial score (nSPS) is 10.7. The molecule has 0 radical (unpaired) electrons. The van der Waals surface area contributed by atoms with Crippen LogP contribution in [0.2, 0.25) is 5.02 Å². The Balaban J connectivity index is 0.00000312. The third-order valence-electron chi connectivity index (χ3n) is 3.20. The summed E-state index contributed by atoms with van der Waals surface area (Å²) >= 11 is 6.05. The minimum absolute atomic E-state index is 0. The molecule has 0 saturated carbocycles. The zero-order chi connectivity index (χ0) is 17.0. The molecule has 7 heteroatoms. The number of nitrogens with one attached hydrogen (secondary N) is 2. The molecule has 2 N–H and O–H groups in total. The average Bonchev–Trinajstić information content (AvgIpc) is 2.61. The van der Waals surface area contributed by atoms with Crippen molar-refractivity contribution in [3.05, 3.63) is 59.4 Å². The van der Waals surface area contributed by atoms with Crippen LogP contribution >= 0.6 is 35.6 Å². The van der Waals surface area contributed by atoms with Crippen LogP contribution in [0, 0.1) is 0 Å². The molecule has 0 atom stereocenters. The van der Waals surface area contributed by atoms with E-state index in [-0.39, 0.29) is 24.0 Å². The Bertz CT molecular complexity index is 640. The number of para-hydroxylation sites is 1. The Morgan fingerprint density at radius 1 is 1.16 bits per heavy atom. The maximum absolute atomic E-state index is 6.05. The van der Waals surface area contributed by atoms with Crippen molar-refractivity contribution in [2.24, 2.45) is 4.99 Å². The maximum atomic E-state index is 6.05. The van der Waals surface area contributed by atoms with Crippen molar-refractivity contribution in [1.29, 1.82) is 0 Å². The molecule has 5 nitrogen and oxygen atoms in total. The van der Waals surface area contributed by atoms with Gasteiger partial charge in [0.15, 0.2) is 5.96 Å². The first-order valence-electron chi connectivity index (χ1n) is 8.09. The summed E-state index contributed by atoms with van der Waals surface area (Å²) in [5.41, 5.74) is 1.04. The molecule has 0 saturated heterocycles. The Morgan fingerprint density at radius 3 is 2.68 bits per heavy atom. The topological polar surface area (TPSA) is 58.5 Å². The van der Waals surface area contributed by atoms with Crippen LogP contribution in [0.5, 0.6) is 5.75 Å². The van der Waals surface area contributed by atoms with Crippen molar-refractivity contribution >= 4 is 41.5 Å². The first kappa shape index (κ1) is 21.5. The van der Waals surface area contributed by atoms with Crippen LogP contribution < -0.4 is 15.4 Å². The van der Waals surface area contributed by atoms with Crippen LogP contribution in [0.1, 0.15) is 12.6 Å². The SMILES string of the molecule is CCNC(=NCCc1ccccn1)NCCOc1ccccc1Cl.I. The monoisotopic (exact) mass is 474 g/mol. The van der Waals surface area contributed by atoms with Gasteiger partial charge in [-0.15, -0.1) is 24.0 Å². The lowest BCUT2D eigenvalue weighted by Gasteiger charge is -2.12. The predicted molar refractivity (Wildman–Crippen MR) is 114 cm³/mol. The molecule has 1 aromatic carbocycles.